The lowest BCUT2D eigenvalue weighted by Gasteiger charge is -2.26. The minimum absolute atomic E-state index is 0.0877. The van der Waals surface area contributed by atoms with Crippen LogP contribution in [0.5, 0.6) is 0 Å². The predicted octanol–water partition coefficient (Wildman–Crippen LogP) is 4.52. The zero-order valence-electron chi connectivity index (χ0n) is 16.1. The molecule has 2 rings (SSSR count). The molecular formula is C21H32NO3. The van der Waals surface area contributed by atoms with Crippen molar-refractivity contribution in [3.63, 3.8) is 0 Å². The Morgan fingerprint density at radius 2 is 2.08 bits per heavy atom. The smallest absolute Gasteiger partial charge is 0.407 e. The minimum atomic E-state index is -0.366. The van der Waals surface area contributed by atoms with Crippen LogP contribution in [0, 0.1) is 17.3 Å². The van der Waals surface area contributed by atoms with Crippen LogP contribution < -0.4 is 5.32 Å². The molecule has 0 bridgehead atoms. The van der Waals surface area contributed by atoms with Gasteiger partial charge in [0.25, 0.3) is 0 Å². The van der Waals surface area contributed by atoms with E-state index in [1.807, 2.05) is 12.1 Å². The molecule has 1 heterocycles. The fourth-order valence-corrected chi connectivity index (χ4v) is 2.82. The maximum absolute atomic E-state index is 11.9. The molecule has 4 nitrogen and oxygen atoms in total. The van der Waals surface area contributed by atoms with Crippen molar-refractivity contribution in [2.24, 2.45) is 11.3 Å². The summed E-state index contributed by atoms with van der Waals surface area (Å²) in [5.74, 6) is 1.82. The number of ether oxygens (including phenoxy) is 2. The van der Waals surface area contributed by atoms with Gasteiger partial charge in [0.1, 0.15) is 6.61 Å². The van der Waals surface area contributed by atoms with Crippen molar-refractivity contribution in [1.29, 1.82) is 0 Å². The molecule has 0 saturated carbocycles. The number of carbonyl (C=O) groups is 1. The van der Waals surface area contributed by atoms with Gasteiger partial charge in [-0.25, -0.2) is 4.79 Å². The number of alkyl carbamates (subject to hydrolysis) is 1. The topological polar surface area (TPSA) is 47.6 Å². The third-order valence-corrected chi connectivity index (χ3v) is 4.92. The first-order chi connectivity index (χ1) is 11.8. The molecule has 0 aliphatic carbocycles. The summed E-state index contributed by atoms with van der Waals surface area (Å²) in [5, 5.41) is 2.82. The summed E-state index contributed by atoms with van der Waals surface area (Å²) in [7, 11) is 0. The number of amides is 1. The largest absolute Gasteiger partial charge is 0.445 e. The Morgan fingerprint density at radius 1 is 1.32 bits per heavy atom. The Kier molecular flexibility index (Phi) is 7.30. The van der Waals surface area contributed by atoms with Gasteiger partial charge in [-0.2, -0.15) is 0 Å². The van der Waals surface area contributed by atoms with Gasteiger partial charge in [-0.05, 0) is 47.6 Å². The van der Waals surface area contributed by atoms with Gasteiger partial charge in [0.15, 0.2) is 0 Å². The van der Waals surface area contributed by atoms with Gasteiger partial charge >= 0.3 is 6.09 Å². The Balaban J connectivity index is 1.76. The molecule has 1 aliphatic heterocycles. The highest BCUT2D eigenvalue weighted by Gasteiger charge is 2.21. The third kappa shape index (κ3) is 7.07. The molecule has 1 amide bonds. The minimum Gasteiger partial charge on any atom is -0.445 e. The monoisotopic (exact) mass is 346 g/mol. The normalized spacial score (nSPS) is 18.2. The highest BCUT2D eigenvalue weighted by molar-refractivity contribution is 5.67. The maximum atomic E-state index is 11.9. The summed E-state index contributed by atoms with van der Waals surface area (Å²) in [5.41, 5.74) is 2.40. The Labute approximate surface area is 152 Å². The Bertz CT molecular complexity index is 544. The lowest BCUT2D eigenvalue weighted by molar-refractivity contribution is 0.0550. The van der Waals surface area contributed by atoms with Gasteiger partial charge in [-0.3, -0.25) is 0 Å². The molecule has 1 aromatic carbocycles. The average molecular weight is 346 g/mol. The average Bonchev–Trinajstić information content (AvgIpc) is 2.58. The van der Waals surface area contributed by atoms with E-state index in [-0.39, 0.29) is 11.5 Å². The van der Waals surface area contributed by atoms with Crippen molar-refractivity contribution in [3.8, 4) is 0 Å². The van der Waals surface area contributed by atoms with E-state index in [0.717, 1.165) is 31.6 Å². The summed E-state index contributed by atoms with van der Waals surface area (Å²) < 4.78 is 10.9. The SMILES string of the molecule is C[C](CNC(=O)OCc1cccc(CC2CCCOC2)c1)C(C)(C)C. The molecule has 1 unspecified atom stereocenters. The van der Waals surface area contributed by atoms with Gasteiger partial charge in [-0.1, -0.05) is 52.0 Å². The summed E-state index contributed by atoms with van der Waals surface area (Å²) in [4.78, 5) is 11.9. The molecule has 1 N–H and O–H groups in total. The maximum Gasteiger partial charge on any atom is 0.407 e. The van der Waals surface area contributed by atoms with E-state index in [1.165, 1.54) is 17.9 Å². The number of nitrogens with one attached hydrogen (secondary N) is 1. The number of rotatable bonds is 6. The van der Waals surface area contributed by atoms with Crippen LogP contribution in [0.1, 0.15) is 51.7 Å². The van der Waals surface area contributed by atoms with Crippen LogP contribution >= 0.6 is 0 Å². The molecule has 1 saturated heterocycles. The van der Waals surface area contributed by atoms with E-state index >= 15 is 0 Å². The van der Waals surface area contributed by atoms with Crippen molar-refractivity contribution < 1.29 is 14.3 Å². The second-order valence-corrected chi connectivity index (χ2v) is 8.07. The predicted molar refractivity (Wildman–Crippen MR) is 100 cm³/mol. The van der Waals surface area contributed by atoms with Crippen LogP contribution in [0.3, 0.4) is 0 Å². The summed E-state index contributed by atoms with van der Waals surface area (Å²) >= 11 is 0. The van der Waals surface area contributed by atoms with Crippen molar-refractivity contribution in [2.45, 2.75) is 53.6 Å². The summed E-state index contributed by atoms with van der Waals surface area (Å²) in [6, 6.07) is 8.31. The first kappa shape index (κ1) is 19.8. The number of hydrogen-bond donors (Lipinski definition) is 1. The molecule has 1 atom stereocenters. The Morgan fingerprint density at radius 3 is 2.76 bits per heavy atom. The second-order valence-electron chi connectivity index (χ2n) is 8.07. The zero-order valence-corrected chi connectivity index (χ0v) is 16.1. The molecule has 1 radical (unpaired) electrons. The van der Waals surface area contributed by atoms with Crippen LogP contribution in [0.15, 0.2) is 24.3 Å². The number of carbonyl (C=O) groups excluding carboxylic acids is 1. The van der Waals surface area contributed by atoms with E-state index in [4.69, 9.17) is 9.47 Å². The molecule has 1 fully saturated rings. The van der Waals surface area contributed by atoms with Gasteiger partial charge in [-0.15, -0.1) is 0 Å². The number of hydrogen-bond acceptors (Lipinski definition) is 3. The Hall–Kier alpha value is -1.55. The van der Waals surface area contributed by atoms with Gasteiger partial charge in [0.05, 0.1) is 0 Å². The molecule has 0 spiro atoms. The zero-order chi connectivity index (χ0) is 18.3. The lowest BCUT2D eigenvalue weighted by atomic mass is 9.82. The van der Waals surface area contributed by atoms with E-state index in [0.29, 0.717) is 19.1 Å². The quantitative estimate of drug-likeness (QED) is 0.823. The molecular weight excluding hydrogens is 314 g/mol. The molecule has 1 aromatic rings. The van der Waals surface area contributed by atoms with Crippen LogP contribution in [0.25, 0.3) is 0 Å². The van der Waals surface area contributed by atoms with Gasteiger partial charge in [0.2, 0.25) is 0 Å². The third-order valence-electron chi connectivity index (χ3n) is 4.92. The molecule has 25 heavy (non-hydrogen) atoms. The second kappa shape index (κ2) is 9.23. The van der Waals surface area contributed by atoms with Crippen molar-refractivity contribution in [1.82, 2.24) is 5.32 Å². The van der Waals surface area contributed by atoms with Crippen LogP contribution in [0.2, 0.25) is 0 Å². The van der Waals surface area contributed by atoms with Gasteiger partial charge in [0, 0.05) is 19.8 Å². The lowest BCUT2D eigenvalue weighted by Crippen LogP contribution is -2.32. The van der Waals surface area contributed by atoms with Crippen LogP contribution in [0.4, 0.5) is 4.79 Å². The molecule has 0 aromatic heterocycles. The van der Waals surface area contributed by atoms with E-state index in [9.17, 15) is 4.79 Å². The summed E-state index contributed by atoms with van der Waals surface area (Å²) in [6.07, 6.45) is 3.04. The molecule has 4 heteroatoms. The van der Waals surface area contributed by atoms with Gasteiger partial charge < -0.3 is 14.8 Å². The van der Waals surface area contributed by atoms with E-state index < -0.39 is 0 Å². The van der Waals surface area contributed by atoms with Crippen LogP contribution in [-0.4, -0.2) is 25.9 Å². The van der Waals surface area contributed by atoms with Crippen molar-refractivity contribution in [2.75, 3.05) is 19.8 Å². The molecule has 139 valence electrons. The fourth-order valence-electron chi connectivity index (χ4n) is 2.82. The van der Waals surface area contributed by atoms with Crippen LogP contribution in [-0.2, 0) is 22.5 Å². The van der Waals surface area contributed by atoms with E-state index in [1.54, 1.807) is 0 Å². The fraction of sp³-hybridized carbons (Fsp3) is 0.619. The van der Waals surface area contributed by atoms with Crippen molar-refractivity contribution in [3.05, 3.63) is 41.3 Å². The number of benzene rings is 1. The summed E-state index contributed by atoms with van der Waals surface area (Å²) in [6.45, 7) is 11.1. The first-order valence-electron chi connectivity index (χ1n) is 9.23. The standard InChI is InChI=1S/C21H32NO3/c1-16(21(2,3)4)13-22-20(23)25-15-19-8-5-7-17(12-19)11-18-9-6-10-24-14-18/h5,7-8,12,18H,6,9-11,13-15H2,1-4H3,(H,22,23). The molecule has 1 aliphatic rings. The van der Waals surface area contributed by atoms with Crippen molar-refractivity contribution >= 4 is 6.09 Å². The van der Waals surface area contributed by atoms with E-state index in [2.05, 4.69) is 45.1 Å². The highest BCUT2D eigenvalue weighted by Crippen LogP contribution is 2.26. The highest BCUT2D eigenvalue weighted by atomic mass is 16.5. The first-order valence-corrected chi connectivity index (χ1v) is 9.23.